The standard InChI is InChI=1S/C12H10ClN3O2/c1-7-2-3-9(13)4-10(7)16-12-14-5-8(6-15-12)11(17)18/h2-6H,1H3,(H,17,18)(H,14,15,16). The van der Waals surface area contributed by atoms with E-state index in [4.69, 9.17) is 16.7 Å². The van der Waals surface area contributed by atoms with Crippen LogP contribution in [0.25, 0.3) is 0 Å². The van der Waals surface area contributed by atoms with Crippen molar-refractivity contribution in [2.45, 2.75) is 6.92 Å². The number of nitrogens with one attached hydrogen (secondary N) is 1. The lowest BCUT2D eigenvalue weighted by atomic mass is 10.2. The summed E-state index contributed by atoms with van der Waals surface area (Å²) in [5.41, 5.74) is 1.82. The first kappa shape index (κ1) is 12.3. The fourth-order valence-corrected chi connectivity index (χ4v) is 1.52. The third-order valence-electron chi connectivity index (χ3n) is 2.34. The molecular formula is C12H10ClN3O2. The summed E-state index contributed by atoms with van der Waals surface area (Å²) in [5.74, 6) is -0.731. The molecule has 0 aliphatic carbocycles. The molecule has 6 heteroatoms. The van der Waals surface area contributed by atoms with Gasteiger partial charge in [-0.2, -0.15) is 0 Å². The highest BCUT2D eigenvalue weighted by Gasteiger charge is 2.05. The van der Waals surface area contributed by atoms with E-state index in [-0.39, 0.29) is 5.56 Å². The summed E-state index contributed by atoms with van der Waals surface area (Å²) in [5, 5.41) is 12.3. The molecule has 0 saturated carbocycles. The summed E-state index contributed by atoms with van der Waals surface area (Å²) in [6.45, 7) is 1.92. The van der Waals surface area contributed by atoms with Crippen molar-refractivity contribution in [2.24, 2.45) is 0 Å². The van der Waals surface area contributed by atoms with Crippen molar-refractivity contribution in [3.05, 3.63) is 46.7 Å². The van der Waals surface area contributed by atoms with Gasteiger partial charge in [0.2, 0.25) is 5.95 Å². The van der Waals surface area contributed by atoms with Crippen molar-refractivity contribution in [2.75, 3.05) is 5.32 Å². The summed E-state index contributed by atoms with van der Waals surface area (Å²) in [4.78, 5) is 18.5. The van der Waals surface area contributed by atoms with Gasteiger partial charge in [-0.05, 0) is 24.6 Å². The Hall–Kier alpha value is -2.14. The van der Waals surface area contributed by atoms with E-state index >= 15 is 0 Å². The zero-order valence-corrected chi connectivity index (χ0v) is 10.3. The number of rotatable bonds is 3. The van der Waals surface area contributed by atoms with Gasteiger partial charge in [-0.3, -0.25) is 0 Å². The number of aryl methyl sites for hydroxylation is 1. The minimum absolute atomic E-state index is 0.0448. The molecule has 92 valence electrons. The normalized spacial score (nSPS) is 10.1. The molecule has 0 unspecified atom stereocenters. The van der Waals surface area contributed by atoms with Crippen LogP contribution < -0.4 is 5.32 Å². The van der Waals surface area contributed by atoms with Crippen molar-refractivity contribution < 1.29 is 9.90 Å². The van der Waals surface area contributed by atoms with Crippen LogP contribution in [0.4, 0.5) is 11.6 Å². The van der Waals surface area contributed by atoms with E-state index in [2.05, 4.69) is 15.3 Å². The van der Waals surface area contributed by atoms with E-state index in [1.165, 1.54) is 12.4 Å². The van der Waals surface area contributed by atoms with Crippen molar-refractivity contribution in [1.29, 1.82) is 0 Å². The summed E-state index contributed by atoms with van der Waals surface area (Å²) in [6, 6.07) is 5.41. The highest BCUT2D eigenvalue weighted by atomic mass is 35.5. The largest absolute Gasteiger partial charge is 0.478 e. The van der Waals surface area contributed by atoms with E-state index in [0.29, 0.717) is 11.0 Å². The maximum atomic E-state index is 10.7. The van der Waals surface area contributed by atoms with Crippen LogP contribution in [0.15, 0.2) is 30.6 Å². The summed E-state index contributed by atoms with van der Waals surface area (Å²) in [6.07, 6.45) is 2.50. The fourth-order valence-electron chi connectivity index (χ4n) is 1.35. The zero-order valence-electron chi connectivity index (χ0n) is 9.51. The second-order valence-electron chi connectivity index (χ2n) is 3.68. The average molecular weight is 264 g/mol. The Bertz CT molecular complexity index is 584. The lowest BCUT2D eigenvalue weighted by molar-refractivity contribution is 0.0696. The molecular weight excluding hydrogens is 254 g/mol. The van der Waals surface area contributed by atoms with Crippen LogP contribution in [0.2, 0.25) is 5.02 Å². The molecule has 1 aromatic heterocycles. The average Bonchev–Trinajstić information content (AvgIpc) is 2.34. The minimum atomic E-state index is -1.06. The maximum absolute atomic E-state index is 10.7. The number of halogens is 1. The Morgan fingerprint density at radius 1 is 1.33 bits per heavy atom. The third-order valence-corrected chi connectivity index (χ3v) is 2.58. The van der Waals surface area contributed by atoms with Gasteiger partial charge in [-0.1, -0.05) is 17.7 Å². The molecule has 0 aliphatic rings. The molecule has 0 saturated heterocycles. The highest BCUT2D eigenvalue weighted by Crippen LogP contribution is 2.22. The van der Waals surface area contributed by atoms with E-state index < -0.39 is 5.97 Å². The third kappa shape index (κ3) is 2.75. The van der Waals surface area contributed by atoms with Gasteiger partial charge in [0, 0.05) is 23.1 Å². The van der Waals surface area contributed by atoms with Crippen LogP contribution in [0.1, 0.15) is 15.9 Å². The van der Waals surface area contributed by atoms with Gasteiger partial charge in [-0.15, -0.1) is 0 Å². The number of carboxylic acids is 1. The first-order valence-corrected chi connectivity index (χ1v) is 5.52. The smallest absolute Gasteiger partial charge is 0.338 e. The number of benzene rings is 1. The van der Waals surface area contributed by atoms with E-state index in [9.17, 15) is 4.79 Å². The molecule has 2 rings (SSSR count). The lowest BCUT2D eigenvalue weighted by Gasteiger charge is -2.08. The Labute approximate surface area is 108 Å². The van der Waals surface area contributed by atoms with Gasteiger partial charge in [0.05, 0.1) is 5.56 Å². The Morgan fingerprint density at radius 3 is 2.61 bits per heavy atom. The van der Waals surface area contributed by atoms with Gasteiger partial charge in [0.15, 0.2) is 0 Å². The Kier molecular flexibility index (Phi) is 3.43. The molecule has 2 aromatic rings. The number of hydrogen-bond acceptors (Lipinski definition) is 4. The summed E-state index contributed by atoms with van der Waals surface area (Å²) >= 11 is 5.89. The first-order chi connectivity index (χ1) is 8.56. The molecule has 0 aliphatic heterocycles. The molecule has 5 nitrogen and oxygen atoms in total. The monoisotopic (exact) mass is 263 g/mol. The predicted molar refractivity (Wildman–Crippen MR) is 68.5 cm³/mol. The molecule has 0 radical (unpaired) electrons. The van der Waals surface area contributed by atoms with Crippen LogP contribution in [0.5, 0.6) is 0 Å². The summed E-state index contributed by atoms with van der Waals surface area (Å²) in [7, 11) is 0. The maximum Gasteiger partial charge on any atom is 0.338 e. The molecule has 0 spiro atoms. The van der Waals surface area contributed by atoms with Gasteiger partial charge in [-0.25, -0.2) is 14.8 Å². The van der Waals surface area contributed by atoms with E-state index in [1.54, 1.807) is 12.1 Å². The number of hydrogen-bond donors (Lipinski definition) is 2. The predicted octanol–water partition coefficient (Wildman–Crippen LogP) is 2.88. The molecule has 1 aromatic carbocycles. The van der Waals surface area contributed by atoms with Crippen LogP contribution in [-0.4, -0.2) is 21.0 Å². The number of aromatic nitrogens is 2. The number of carbonyl (C=O) groups is 1. The van der Waals surface area contributed by atoms with Gasteiger partial charge in [0.25, 0.3) is 0 Å². The number of carboxylic acid groups (broad SMARTS) is 1. The highest BCUT2D eigenvalue weighted by molar-refractivity contribution is 6.30. The second kappa shape index (κ2) is 5.01. The van der Waals surface area contributed by atoms with Gasteiger partial charge < -0.3 is 10.4 Å². The SMILES string of the molecule is Cc1ccc(Cl)cc1Nc1ncc(C(=O)O)cn1. The minimum Gasteiger partial charge on any atom is -0.478 e. The van der Waals surface area contributed by atoms with Crippen LogP contribution >= 0.6 is 11.6 Å². The molecule has 2 N–H and O–H groups in total. The number of nitrogens with zero attached hydrogens (tertiary/aromatic N) is 2. The quantitative estimate of drug-likeness (QED) is 0.891. The molecule has 0 amide bonds. The van der Waals surface area contributed by atoms with Crippen LogP contribution in [0.3, 0.4) is 0 Å². The lowest BCUT2D eigenvalue weighted by Crippen LogP contribution is -2.02. The Balaban J connectivity index is 2.23. The van der Waals surface area contributed by atoms with Crippen molar-refractivity contribution in [3.8, 4) is 0 Å². The molecule has 0 fully saturated rings. The van der Waals surface area contributed by atoms with E-state index in [0.717, 1.165) is 11.3 Å². The van der Waals surface area contributed by atoms with Gasteiger partial charge >= 0.3 is 5.97 Å². The summed E-state index contributed by atoms with van der Waals surface area (Å²) < 4.78 is 0. The van der Waals surface area contributed by atoms with Crippen molar-refractivity contribution in [3.63, 3.8) is 0 Å². The van der Waals surface area contributed by atoms with Crippen LogP contribution in [-0.2, 0) is 0 Å². The molecule has 0 bridgehead atoms. The van der Waals surface area contributed by atoms with E-state index in [1.807, 2.05) is 13.0 Å². The topological polar surface area (TPSA) is 75.1 Å². The number of anilines is 2. The molecule has 18 heavy (non-hydrogen) atoms. The molecule has 0 atom stereocenters. The Morgan fingerprint density at radius 2 is 2.00 bits per heavy atom. The van der Waals surface area contributed by atoms with Crippen molar-refractivity contribution >= 4 is 29.2 Å². The van der Waals surface area contributed by atoms with Gasteiger partial charge in [0.1, 0.15) is 0 Å². The first-order valence-electron chi connectivity index (χ1n) is 5.15. The number of aromatic carboxylic acids is 1. The molecule has 1 heterocycles. The zero-order chi connectivity index (χ0) is 13.1. The second-order valence-corrected chi connectivity index (χ2v) is 4.12. The van der Waals surface area contributed by atoms with Crippen molar-refractivity contribution in [1.82, 2.24) is 9.97 Å². The van der Waals surface area contributed by atoms with Crippen LogP contribution in [0, 0.1) is 6.92 Å². The fraction of sp³-hybridized carbons (Fsp3) is 0.0833.